The average molecular weight is 225 g/mol. The second-order valence-corrected chi connectivity index (χ2v) is 4.39. The molecule has 2 aromatic rings. The number of hydrogen-bond donors (Lipinski definition) is 1. The Morgan fingerprint density at radius 2 is 2.07 bits per heavy atom. The van der Waals surface area contributed by atoms with Gasteiger partial charge in [0.25, 0.3) is 0 Å². The van der Waals surface area contributed by atoms with E-state index in [2.05, 4.69) is 4.98 Å². The molecule has 0 amide bonds. The van der Waals surface area contributed by atoms with Crippen molar-refractivity contribution in [2.24, 2.45) is 0 Å². The van der Waals surface area contributed by atoms with E-state index in [1.165, 1.54) is 11.3 Å². The van der Waals surface area contributed by atoms with E-state index < -0.39 is 0 Å². The van der Waals surface area contributed by atoms with Gasteiger partial charge in [0.05, 0.1) is 10.7 Å². The lowest BCUT2D eigenvalue weighted by molar-refractivity contribution is 1.27. The largest absolute Gasteiger partial charge is 0.389 e. The maximum absolute atomic E-state index is 6.05. The van der Waals surface area contributed by atoms with Gasteiger partial charge in [-0.05, 0) is 13.0 Å². The van der Waals surface area contributed by atoms with Crippen molar-refractivity contribution < 1.29 is 0 Å². The first kappa shape index (κ1) is 9.49. The van der Waals surface area contributed by atoms with Crippen molar-refractivity contribution in [2.45, 2.75) is 6.92 Å². The highest BCUT2D eigenvalue weighted by atomic mass is 35.5. The molecule has 4 heteroatoms. The van der Waals surface area contributed by atoms with Gasteiger partial charge < -0.3 is 5.73 Å². The monoisotopic (exact) mass is 224 g/mol. The van der Waals surface area contributed by atoms with Crippen molar-refractivity contribution in [1.82, 2.24) is 4.98 Å². The van der Waals surface area contributed by atoms with Crippen LogP contribution in [0.3, 0.4) is 0 Å². The number of anilines is 1. The van der Waals surface area contributed by atoms with Gasteiger partial charge in [0, 0.05) is 5.56 Å². The van der Waals surface area contributed by atoms with Crippen LogP contribution in [0.5, 0.6) is 0 Å². The van der Waals surface area contributed by atoms with Crippen LogP contribution in [0.4, 0.5) is 5.00 Å². The third-order valence-corrected chi connectivity index (χ3v) is 3.29. The molecule has 0 spiro atoms. The molecule has 1 aromatic heterocycles. The molecule has 0 radical (unpaired) electrons. The number of nitrogen functional groups attached to an aromatic ring is 1. The van der Waals surface area contributed by atoms with Gasteiger partial charge in [-0.3, -0.25) is 0 Å². The van der Waals surface area contributed by atoms with Gasteiger partial charge >= 0.3 is 0 Å². The SMILES string of the molecule is Cc1nc(-c2ccccc2Cl)sc1N. The van der Waals surface area contributed by atoms with Gasteiger partial charge in [0.2, 0.25) is 0 Å². The van der Waals surface area contributed by atoms with Crippen LogP contribution in [0, 0.1) is 6.92 Å². The Hall–Kier alpha value is -1.06. The van der Waals surface area contributed by atoms with Crippen molar-refractivity contribution in [2.75, 3.05) is 5.73 Å². The van der Waals surface area contributed by atoms with Crippen LogP contribution in [0.2, 0.25) is 5.02 Å². The number of rotatable bonds is 1. The predicted molar refractivity (Wildman–Crippen MR) is 61.7 cm³/mol. The summed E-state index contributed by atoms with van der Waals surface area (Å²) in [6.45, 7) is 1.90. The van der Waals surface area contributed by atoms with E-state index in [0.29, 0.717) is 5.02 Å². The quantitative estimate of drug-likeness (QED) is 0.807. The number of thiazole rings is 1. The van der Waals surface area contributed by atoms with Gasteiger partial charge in [-0.15, -0.1) is 0 Å². The molecule has 72 valence electrons. The van der Waals surface area contributed by atoms with E-state index in [0.717, 1.165) is 21.3 Å². The molecule has 1 aromatic carbocycles. The van der Waals surface area contributed by atoms with Crippen molar-refractivity contribution in [3.8, 4) is 10.6 Å². The van der Waals surface area contributed by atoms with Gasteiger partial charge in [0.15, 0.2) is 0 Å². The number of aryl methyl sites for hydroxylation is 1. The Morgan fingerprint density at radius 3 is 2.64 bits per heavy atom. The van der Waals surface area contributed by atoms with Gasteiger partial charge in [-0.1, -0.05) is 41.1 Å². The highest BCUT2D eigenvalue weighted by molar-refractivity contribution is 7.19. The summed E-state index contributed by atoms with van der Waals surface area (Å²) in [4.78, 5) is 4.35. The predicted octanol–water partition coefficient (Wildman–Crippen LogP) is 3.35. The molecule has 0 saturated carbocycles. The number of nitrogens with two attached hydrogens (primary N) is 1. The first-order valence-electron chi connectivity index (χ1n) is 4.16. The lowest BCUT2D eigenvalue weighted by Crippen LogP contribution is -1.81. The van der Waals surface area contributed by atoms with Crippen LogP contribution in [-0.2, 0) is 0 Å². The maximum atomic E-state index is 6.05. The molecule has 0 aliphatic carbocycles. The summed E-state index contributed by atoms with van der Waals surface area (Å²) in [5, 5.41) is 2.34. The molecular weight excluding hydrogens is 216 g/mol. The Morgan fingerprint density at radius 1 is 1.36 bits per heavy atom. The highest BCUT2D eigenvalue weighted by Gasteiger charge is 2.08. The summed E-state index contributed by atoms with van der Waals surface area (Å²) in [5.41, 5.74) is 7.55. The second kappa shape index (κ2) is 3.59. The zero-order valence-electron chi connectivity index (χ0n) is 7.62. The fraction of sp³-hybridized carbons (Fsp3) is 0.100. The van der Waals surface area contributed by atoms with E-state index >= 15 is 0 Å². The summed E-state index contributed by atoms with van der Waals surface area (Å²) in [6.07, 6.45) is 0. The molecule has 0 atom stereocenters. The van der Waals surface area contributed by atoms with Crippen LogP contribution in [0.15, 0.2) is 24.3 Å². The molecule has 0 fully saturated rings. The first-order valence-corrected chi connectivity index (χ1v) is 5.35. The second-order valence-electron chi connectivity index (χ2n) is 2.95. The third-order valence-electron chi connectivity index (χ3n) is 1.94. The van der Waals surface area contributed by atoms with E-state index in [-0.39, 0.29) is 0 Å². The molecule has 2 N–H and O–H groups in total. The number of hydrogen-bond acceptors (Lipinski definition) is 3. The summed E-state index contributed by atoms with van der Waals surface area (Å²) in [7, 11) is 0. The molecule has 0 aliphatic heterocycles. The Labute approximate surface area is 91.4 Å². The fourth-order valence-electron chi connectivity index (χ4n) is 1.16. The number of halogens is 1. The Kier molecular flexibility index (Phi) is 2.44. The number of benzene rings is 1. The number of aromatic nitrogens is 1. The van der Waals surface area contributed by atoms with Crippen LogP contribution >= 0.6 is 22.9 Å². The summed E-state index contributed by atoms with van der Waals surface area (Å²) >= 11 is 7.51. The lowest BCUT2D eigenvalue weighted by atomic mass is 10.2. The van der Waals surface area contributed by atoms with Crippen LogP contribution in [0.25, 0.3) is 10.6 Å². The zero-order chi connectivity index (χ0) is 10.1. The van der Waals surface area contributed by atoms with E-state index in [9.17, 15) is 0 Å². The molecular formula is C10H9ClN2S. The molecule has 0 saturated heterocycles. The van der Waals surface area contributed by atoms with E-state index in [4.69, 9.17) is 17.3 Å². The maximum Gasteiger partial charge on any atom is 0.127 e. The molecule has 1 heterocycles. The highest BCUT2D eigenvalue weighted by Crippen LogP contribution is 2.33. The van der Waals surface area contributed by atoms with Crippen LogP contribution in [-0.4, -0.2) is 4.98 Å². The number of nitrogens with zero attached hydrogens (tertiary/aromatic N) is 1. The Balaban J connectivity index is 2.55. The van der Waals surface area contributed by atoms with Gasteiger partial charge in [-0.25, -0.2) is 4.98 Å². The molecule has 0 bridgehead atoms. The molecule has 0 aliphatic rings. The topological polar surface area (TPSA) is 38.9 Å². The summed E-state index contributed by atoms with van der Waals surface area (Å²) < 4.78 is 0. The molecule has 2 nitrogen and oxygen atoms in total. The molecule has 0 unspecified atom stereocenters. The van der Waals surface area contributed by atoms with Crippen LogP contribution < -0.4 is 5.73 Å². The van der Waals surface area contributed by atoms with Crippen molar-refractivity contribution in [3.05, 3.63) is 35.0 Å². The minimum atomic E-state index is 0.709. The van der Waals surface area contributed by atoms with E-state index in [1.54, 1.807) is 0 Å². The van der Waals surface area contributed by atoms with Crippen molar-refractivity contribution in [1.29, 1.82) is 0 Å². The summed E-state index contributed by atoms with van der Waals surface area (Å²) in [5.74, 6) is 0. The van der Waals surface area contributed by atoms with Gasteiger partial charge in [0.1, 0.15) is 10.0 Å². The average Bonchev–Trinajstić information content (AvgIpc) is 2.48. The smallest absolute Gasteiger partial charge is 0.127 e. The van der Waals surface area contributed by atoms with Crippen LogP contribution in [0.1, 0.15) is 5.69 Å². The first-order chi connectivity index (χ1) is 6.68. The van der Waals surface area contributed by atoms with Crippen molar-refractivity contribution >= 4 is 27.9 Å². The zero-order valence-corrected chi connectivity index (χ0v) is 9.19. The Bertz CT molecular complexity index is 445. The minimum Gasteiger partial charge on any atom is -0.389 e. The van der Waals surface area contributed by atoms with Crippen molar-refractivity contribution in [3.63, 3.8) is 0 Å². The summed E-state index contributed by atoms with van der Waals surface area (Å²) in [6, 6.07) is 7.63. The standard InChI is InChI=1S/C10H9ClN2S/c1-6-9(12)14-10(13-6)7-4-2-3-5-8(7)11/h2-5H,12H2,1H3. The molecule has 14 heavy (non-hydrogen) atoms. The van der Waals surface area contributed by atoms with Gasteiger partial charge in [-0.2, -0.15) is 0 Å². The third kappa shape index (κ3) is 1.61. The molecule has 2 rings (SSSR count). The van der Waals surface area contributed by atoms with E-state index in [1.807, 2.05) is 31.2 Å². The normalized spacial score (nSPS) is 10.4. The fourth-order valence-corrected chi connectivity index (χ4v) is 2.31. The minimum absolute atomic E-state index is 0.709. The lowest BCUT2D eigenvalue weighted by Gasteiger charge is -1.97.